The van der Waals surface area contributed by atoms with Gasteiger partial charge in [-0.25, -0.2) is 8.42 Å². The zero-order valence-electron chi connectivity index (χ0n) is 19.5. The van der Waals surface area contributed by atoms with E-state index >= 15 is 0 Å². The number of β-amino-alcohol motifs (C(OH)–C–C–N with tert-alkyl or cyclic N) is 1. The highest BCUT2D eigenvalue weighted by atomic mass is 32.2. The molecular formula is C24H33N3O6S. The van der Waals surface area contributed by atoms with Crippen LogP contribution < -0.4 is 14.4 Å². The van der Waals surface area contributed by atoms with Crippen LogP contribution >= 0.6 is 0 Å². The van der Waals surface area contributed by atoms with E-state index in [1.54, 1.807) is 31.4 Å². The number of benzene rings is 2. The van der Waals surface area contributed by atoms with Gasteiger partial charge < -0.3 is 24.2 Å². The standard InChI is InChI=1S/C24H33N3O6S/c1-31-24-5-3-2-4-23(24)26-12-10-25(11-13-26)18-20(28)19-33-21-6-8-22(9-7-21)34(29,30)27-14-16-32-17-15-27/h2-9,20,28H,10-19H2,1H3/t20-/m0/s1. The van der Waals surface area contributed by atoms with Crippen molar-refractivity contribution < 1.29 is 27.7 Å². The minimum Gasteiger partial charge on any atom is -0.495 e. The van der Waals surface area contributed by atoms with Gasteiger partial charge in [-0.05, 0) is 36.4 Å². The molecule has 2 aliphatic rings. The van der Waals surface area contributed by atoms with E-state index in [2.05, 4.69) is 15.9 Å². The molecule has 0 aliphatic carbocycles. The molecule has 0 unspecified atom stereocenters. The van der Waals surface area contributed by atoms with Gasteiger partial charge in [-0.2, -0.15) is 4.31 Å². The van der Waals surface area contributed by atoms with Crippen LogP contribution in [0.25, 0.3) is 0 Å². The van der Waals surface area contributed by atoms with Crippen molar-refractivity contribution in [3.05, 3.63) is 48.5 Å². The molecule has 2 aliphatic heterocycles. The molecule has 4 rings (SSSR count). The first-order valence-electron chi connectivity index (χ1n) is 11.6. The molecule has 1 atom stereocenters. The monoisotopic (exact) mass is 491 g/mol. The summed E-state index contributed by atoms with van der Waals surface area (Å²) in [6.45, 7) is 5.58. The Labute approximate surface area is 201 Å². The highest BCUT2D eigenvalue weighted by Gasteiger charge is 2.26. The van der Waals surface area contributed by atoms with Gasteiger partial charge in [-0.1, -0.05) is 12.1 Å². The third-order valence-corrected chi connectivity index (χ3v) is 8.05. The fraction of sp³-hybridized carbons (Fsp3) is 0.500. The number of methoxy groups -OCH3 is 1. The van der Waals surface area contributed by atoms with Crippen LogP contribution in [0.1, 0.15) is 0 Å². The molecule has 9 nitrogen and oxygen atoms in total. The molecule has 2 aromatic carbocycles. The lowest BCUT2D eigenvalue weighted by Gasteiger charge is -2.37. The maximum atomic E-state index is 12.7. The van der Waals surface area contributed by atoms with Crippen molar-refractivity contribution in [2.24, 2.45) is 0 Å². The molecule has 0 radical (unpaired) electrons. The Hall–Kier alpha value is -2.37. The first kappa shape index (κ1) is 24.7. The summed E-state index contributed by atoms with van der Waals surface area (Å²) in [6, 6.07) is 14.4. The molecule has 1 N–H and O–H groups in total. The predicted octanol–water partition coefficient (Wildman–Crippen LogP) is 1.28. The molecule has 2 saturated heterocycles. The summed E-state index contributed by atoms with van der Waals surface area (Å²) in [7, 11) is -1.85. The number of hydrogen-bond acceptors (Lipinski definition) is 8. The minimum absolute atomic E-state index is 0.141. The largest absolute Gasteiger partial charge is 0.495 e. The van der Waals surface area contributed by atoms with Gasteiger partial charge in [0.1, 0.15) is 24.2 Å². The van der Waals surface area contributed by atoms with Crippen molar-refractivity contribution >= 4 is 15.7 Å². The van der Waals surface area contributed by atoms with Crippen LogP contribution in [0.5, 0.6) is 11.5 Å². The van der Waals surface area contributed by atoms with Gasteiger partial charge in [0.2, 0.25) is 10.0 Å². The van der Waals surface area contributed by atoms with Crippen LogP contribution in [-0.4, -0.2) is 102 Å². The number of piperazine rings is 1. The Morgan fingerprint density at radius 1 is 0.971 bits per heavy atom. The van der Waals surface area contributed by atoms with E-state index in [9.17, 15) is 13.5 Å². The van der Waals surface area contributed by atoms with E-state index in [0.717, 1.165) is 37.6 Å². The number of ether oxygens (including phenoxy) is 3. The number of aliphatic hydroxyl groups excluding tert-OH is 1. The van der Waals surface area contributed by atoms with Crippen molar-refractivity contribution in [2.45, 2.75) is 11.0 Å². The quantitative estimate of drug-likeness (QED) is 0.561. The summed E-state index contributed by atoms with van der Waals surface area (Å²) < 4.78 is 43.3. The summed E-state index contributed by atoms with van der Waals surface area (Å²) in [5, 5.41) is 10.5. The Morgan fingerprint density at radius 2 is 1.65 bits per heavy atom. The molecule has 2 fully saturated rings. The zero-order valence-corrected chi connectivity index (χ0v) is 20.3. The molecular weight excluding hydrogens is 458 g/mol. The van der Waals surface area contributed by atoms with Gasteiger partial charge in [0.15, 0.2) is 0 Å². The van der Waals surface area contributed by atoms with Gasteiger partial charge in [0.25, 0.3) is 0 Å². The SMILES string of the molecule is COc1ccccc1N1CCN(C[C@H](O)COc2ccc(S(=O)(=O)N3CCOCC3)cc2)CC1. The number of morpholine rings is 1. The van der Waals surface area contributed by atoms with Gasteiger partial charge in [0.05, 0.1) is 30.9 Å². The molecule has 0 amide bonds. The lowest BCUT2D eigenvalue weighted by molar-refractivity contribution is 0.0662. The first-order valence-corrected chi connectivity index (χ1v) is 13.0. The lowest BCUT2D eigenvalue weighted by Crippen LogP contribution is -2.49. The third-order valence-electron chi connectivity index (χ3n) is 6.14. The number of rotatable bonds is 9. The first-order chi connectivity index (χ1) is 16.5. The van der Waals surface area contributed by atoms with E-state index in [4.69, 9.17) is 14.2 Å². The van der Waals surface area contributed by atoms with Crippen LogP contribution in [0.15, 0.2) is 53.4 Å². The van der Waals surface area contributed by atoms with Crippen LogP contribution in [0.2, 0.25) is 0 Å². The van der Waals surface area contributed by atoms with E-state index < -0.39 is 16.1 Å². The van der Waals surface area contributed by atoms with Gasteiger partial charge in [-0.3, -0.25) is 4.90 Å². The molecule has 0 aromatic heterocycles. The molecule has 0 saturated carbocycles. The summed E-state index contributed by atoms with van der Waals surface area (Å²) in [4.78, 5) is 4.75. The highest BCUT2D eigenvalue weighted by Crippen LogP contribution is 2.28. The zero-order chi connectivity index (χ0) is 24.0. The van der Waals surface area contributed by atoms with Gasteiger partial charge >= 0.3 is 0 Å². The number of anilines is 1. The number of hydrogen-bond donors (Lipinski definition) is 1. The number of sulfonamides is 1. The Kier molecular flexibility index (Phi) is 8.28. The summed E-state index contributed by atoms with van der Waals surface area (Å²) >= 11 is 0. The summed E-state index contributed by atoms with van der Waals surface area (Å²) in [5.74, 6) is 1.40. The van der Waals surface area contributed by atoms with Crippen molar-refractivity contribution in [3.63, 3.8) is 0 Å². The van der Waals surface area contributed by atoms with Crippen LogP contribution in [0, 0.1) is 0 Å². The molecule has 2 aromatic rings. The Bertz CT molecular complexity index is 1020. The predicted molar refractivity (Wildman–Crippen MR) is 129 cm³/mol. The van der Waals surface area contributed by atoms with E-state index in [1.807, 2.05) is 18.2 Å². The summed E-state index contributed by atoms with van der Waals surface area (Å²) in [6.07, 6.45) is -0.644. The van der Waals surface area contributed by atoms with E-state index in [-0.39, 0.29) is 11.5 Å². The van der Waals surface area contributed by atoms with Crippen LogP contribution in [0.3, 0.4) is 0 Å². The molecule has 0 bridgehead atoms. The smallest absolute Gasteiger partial charge is 0.243 e. The maximum absolute atomic E-state index is 12.7. The second-order valence-corrected chi connectivity index (χ2v) is 10.4. The second kappa shape index (κ2) is 11.4. The second-order valence-electron chi connectivity index (χ2n) is 8.41. The fourth-order valence-corrected chi connectivity index (χ4v) is 5.66. The van der Waals surface area contributed by atoms with Crippen LogP contribution in [-0.2, 0) is 14.8 Å². The average molecular weight is 492 g/mol. The molecule has 186 valence electrons. The normalized spacial score (nSPS) is 19.1. The summed E-state index contributed by atoms with van der Waals surface area (Å²) in [5.41, 5.74) is 1.09. The van der Waals surface area contributed by atoms with Crippen LogP contribution in [0.4, 0.5) is 5.69 Å². The molecule has 2 heterocycles. The van der Waals surface area contributed by atoms with E-state index in [1.165, 1.54) is 4.31 Å². The van der Waals surface area contributed by atoms with Crippen molar-refractivity contribution in [2.75, 3.05) is 77.6 Å². The van der Waals surface area contributed by atoms with Crippen molar-refractivity contribution in [3.8, 4) is 11.5 Å². The Morgan fingerprint density at radius 3 is 2.32 bits per heavy atom. The number of para-hydroxylation sites is 2. The molecule has 0 spiro atoms. The van der Waals surface area contributed by atoms with Crippen molar-refractivity contribution in [1.82, 2.24) is 9.21 Å². The van der Waals surface area contributed by atoms with Crippen molar-refractivity contribution in [1.29, 1.82) is 0 Å². The average Bonchev–Trinajstić information content (AvgIpc) is 2.88. The molecule has 10 heteroatoms. The maximum Gasteiger partial charge on any atom is 0.243 e. The number of aliphatic hydroxyl groups is 1. The lowest BCUT2D eigenvalue weighted by atomic mass is 10.2. The molecule has 34 heavy (non-hydrogen) atoms. The topological polar surface area (TPSA) is 91.8 Å². The van der Waals surface area contributed by atoms with Gasteiger partial charge in [0, 0.05) is 45.8 Å². The highest BCUT2D eigenvalue weighted by molar-refractivity contribution is 7.89. The fourth-order valence-electron chi connectivity index (χ4n) is 4.25. The minimum atomic E-state index is -3.53. The Balaban J connectivity index is 1.22. The third kappa shape index (κ3) is 6.00. The van der Waals surface area contributed by atoms with E-state index in [0.29, 0.717) is 38.6 Å². The van der Waals surface area contributed by atoms with Gasteiger partial charge in [-0.15, -0.1) is 0 Å². The number of nitrogens with zero attached hydrogens (tertiary/aromatic N) is 3.